The quantitative estimate of drug-likeness (QED) is 0.379. The van der Waals surface area contributed by atoms with Crippen LogP contribution in [0.4, 0.5) is 5.69 Å². The number of aliphatic carboxylic acids is 1. The van der Waals surface area contributed by atoms with E-state index in [2.05, 4.69) is 55.5 Å². The van der Waals surface area contributed by atoms with Crippen molar-refractivity contribution in [2.75, 3.05) is 6.61 Å². The van der Waals surface area contributed by atoms with Gasteiger partial charge in [0, 0.05) is 0 Å². The molecular formula is C19H14I2N2O4S. The van der Waals surface area contributed by atoms with Crippen molar-refractivity contribution in [2.45, 2.75) is 6.92 Å². The summed E-state index contributed by atoms with van der Waals surface area (Å²) in [6.07, 6.45) is 1.78. The van der Waals surface area contributed by atoms with Crippen molar-refractivity contribution in [2.24, 2.45) is 4.99 Å². The summed E-state index contributed by atoms with van der Waals surface area (Å²) < 4.78 is 6.88. The lowest BCUT2D eigenvalue weighted by Crippen LogP contribution is -2.19. The van der Waals surface area contributed by atoms with Crippen LogP contribution in [0.3, 0.4) is 0 Å². The van der Waals surface area contributed by atoms with E-state index >= 15 is 0 Å². The molecule has 0 radical (unpaired) electrons. The summed E-state index contributed by atoms with van der Waals surface area (Å²) in [6.45, 7) is 1.57. The minimum Gasteiger partial charge on any atom is -0.480 e. The number of rotatable bonds is 5. The molecule has 1 aliphatic rings. The number of carbonyl (C=O) groups excluding carboxylic acids is 1. The molecule has 0 aromatic heterocycles. The van der Waals surface area contributed by atoms with E-state index in [-0.39, 0.29) is 5.91 Å². The molecule has 2 aromatic rings. The molecule has 0 atom stereocenters. The lowest BCUT2D eigenvalue weighted by atomic mass is 10.2. The van der Waals surface area contributed by atoms with Crippen LogP contribution in [0.1, 0.15) is 11.1 Å². The summed E-state index contributed by atoms with van der Waals surface area (Å²) in [5, 5.41) is 12.1. The summed E-state index contributed by atoms with van der Waals surface area (Å²) in [5.74, 6) is -0.707. The van der Waals surface area contributed by atoms with E-state index in [1.165, 1.54) is 11.8 Å². The highest BCUT2D eigenvalue weighted by molar-refractivity contribution is 14.1. The zero-order valence-corrected chi connectivity index (χ0v) is 19.7. The van der Waals surface area contributed by atoms with Crippen molar-refractivity contribution in [3.05, 3.63) is 59.6 Å². The first-order valence-electron chi connectivity index (χ1n) is 8.02. The fourth-order valence-electron chi connectivity index (χ4n) is 2.36. The molecule has 28 heavy (non-hydrogen) atoms. The molecule has 1 saturated heterocycles. The number of carbonyl (C=O) groups is 2. The molecule has 0 saturated carbocycles. The van der Waals surface area contributed by atoms with E-state index in [1.807, 2.05) is 43.3 Å². The normalized spacial score (nSPS) is 16.5. The average Bonchev–Trinajstić information content (AvgIpc) is 2.95. The SMILES string of the molecule is Cc1ccccc1N=C1NC(=O)/C(=C/c2cc(I)c(OCC(=O)O)c(I)c2)S1. The van der Waals surface area contributed by atoms with Gasteiger partial charge in [-0.05, 0) is 99.3 Å². The van der Waals surface area contributed by atoms with Gasteiger partial charge in [-0.25, -0.2) is 9.79 Å². The number of ether oxygens (including phenoxy) is 1. The summed E-state index contributed by atoms with van der Waals surface area (Å²) in [5.41, 5.74) is 2.67. The van der Waals surface area contributed by atoms with E-state index in [0.717, 1.165) is 24.0 Å². The van der Waals surface area contributed by atoms with E-state index < -0.39 is 12.6 Å². The number of aliphatic imine (C=N–C) groups is 1. The molecule has 1 aliphatic heterocycles. The number of carboxylic acids is 1. The Labute approximate surface area is 193 Å². The molecule has 2 N–H and O–H groups in total. The molecule has 0 aliphatic carbocycles. The molecule has 2 aromatic carbocycles. The zero-order chi connectivity index (χ0) is 20.3. The third-order valence-corrected chi connectivity index (χ3v) is 6.16. The minimum atomic E-state index is -1.03. The second-order valence-electron chi connectivity index (χ2n) is 5.76. The van der Waals surface area contributed by atoms with Gasteiger partial charge in [0.1, 0.15) is 5.75 Å². The number of amides is 1. The molecule has 0 unspecified atom stereocenters. The molecule has 9 heteroatoms. The monoisotopic (exact) mass is 620 g/mol. The van der Waals surface area contributed by atoms with Crippen LogP contribution in [0.5, 0.6) is 5.75 Å². The highest BCUT2D eigenvalue weighted by Crippen LogP contribution is 2.33. The second kappa shape index (κ2) is 9.27. The molecule has 1 fully saturated rings. The Hall–Kier alpha value is -1.60. The number of hydrogen-bond acceptors (Lipinski definition) is 5. The van der Waals surface area contributed by atoms with Gasteiger partial charge in [0.25, 0.3) is 5.91 Å². The topological polar surface area (TPSA) is 88.0 Å². The third-order valence-electron chi connectivity index (χ3n) is 3.65. The zero-order valence-electron chi connectivity index (χ0n) is 14.5. The molecule has 0 bridgehead atoms. The van der Waals surface area contributed by atoms with Gasteiger partial charge >= 0.3 is 5.97 Å². The average molecular weight is 620 g/mol. The maximum Gasteiger partial charge on any atom is 0.341 e. The Morgan fingerprint density at radius 1 is 1.29 bits per heavy atom. The van der Waals surface area contributed by atoms with Gasteiger partial charge in [-0.15, -0.1) is 0 Å². The highest BCUT2D eigenvalue weighted by atomic mass is 127. The van der Waals surface area contributed by atoms with Crippen molar-refractivity contribution >= 4 is 85.8 Å². The lowest BCUT2D eigenvalue weighted by molar-refractivity contribution is -0.139. The number of aryl methyl sites for hydroxylation is 1. The maximum atomic E-state index is 12.3. The van der Waals surface area contributed by atoms with Gasteiger partial charge in [0.05, 0.1) is 17.7 Å². The first kappa shape index (κ1) is 21.1. The number of nitrogens with zero attached hydrogens (tertiary/aromatic N) is 1. The van der Waals surface area contributed by atoms with Crippen LogP contribution in [0, 0.1) is 14.1 Å². The van der Waals surface area contributed by atoms with Gasteiger partial charge in [-0.3, -0.25) is 4.79 Å². The van der Waals surface area contributed by atoms with Crippen molar-refractivity contribution in [3.63, 3.8) is 0 Å². The molecule has 1 amide bonds. The molecule has 0 spiro atoms. The largest absolute Gasteiger partial charge is 0.480 e. The number of halogens is 2. The van der Waals surface area contributed by atoms with Gasteiger partial charge in [-0.1, -0.05) is 18.2 Å². The molecule has 1 heterocycles. The maximum absolute atomic E-state index is 12.3. The van der Waals surface area contributed by atoms with Crippen LogP contribution >= 0.6 is 56.9 Å². The first-order chi connectivity index (χ1) is 13.3. The Bertz CT molecular complexity index is 998. The van der Waals surface area contributed by atoms with E-state index in [9.17, 15) is 9.59 Å². The lowest BCUT2D eigenvalue weighted by Gasteiger charge is -2.09. The molecule has 144 valence electrons. The number of para-hydroxylation sites is 1. The fourth-order valence-corrected chi connectivity index (χ4v) is 5.33. The number of hydrogen-bond donors (Lipinski definition) is 2. The standard InChI is InChI=1S/C19H14I2N2O4S/c1-10-4-2-3-5-14(10)22-19-23-18(26)15(28-19)8-11-6-12(20)17(13(21)7-11)27-9-16(24)25/h2-8H,9H2,1H3,(H,24,25)(H,22,23,26)/b15-8-. The second-order valence-corrected chi connectivity index (χ2v) is 9.12. The molecular weight excluding hydrogens is 606 g/mol. The number of carboxylic acid groups (broad SMARTS) is 1. The Morgan fingerprint density at radius 2 is 1.96 bits per heavy atom. The number of amidine groups is 1. The predicted octanol–water partition coefficient (Wildman–Crippen LogP) is 4.56. The van der Waals surface area contributed by atoms with Crippen LogP contribution in [-0.4, -0.2) is 28.8 Å². The molecule has 3 rings (SSSR count). The van der Waals surface area contributed by atoms with Crippen LogP contribution < -0.4 is 10.1 Å². The summed E-state index contributed by atoms with van der Waals surface area (Å²) in [6, 6.07) is 11.4. The number of benzene rings is 2. The van der Waals surface area contributed by atoms with Gasteiger partial charge in [0.2, 0.25) is 0 Å². The predicted molar refractivity (Wildman–Crippen MR) is 127 cm³/mol. The van der Waals surface area contributed by atoms with Crippen LogP contribution in [-0.2, 0) is 9.59 Å². The van der Waals surface area contributed by atoms with E-state index in [4.69, 9.17) is 9.84 Å². The number of thioether (sulfide) groups is 1. The highest BCUT2D eigenvalue weighted by Gasteiger charge is 2.24. The Kier molecular flexibility index (Phi) is 6.99. The summed E-state index contributed by atoms with van der Waals surface area (Å²) in [4.78, 5) is 28.1. The molecule has 6 nitrogen and oxygen atoms in total. The van der Waals surface area contributed by atoms with Gasteiger partial charge in [-0.2, -0.15) is 0 Å². The Balaban J connectivity index is 1.83. The van der Waals surface area contributed by atoms with Crippen molar-refractivity contribution in [3.8, 4) is 5.75 Å². The summed E-state index contributed by atoms with van der Waals surface area (Å²) >= 11 is 5.46. The Morgan fingerprint density at radius 3 is 2.61 bits per heavy atom. The van der Waals surface area contributed by atoms with Crippen LogP contribution in [0.25, 0.3) is 6.08 Å². The van der Waals surface area contributed by atoms with Crippen molar-refractivity contribution in [1.29, 1.82) is 0 Å². The van der Waals surface area contributed by atoms with Crippen molar-refractivity contribution in [1.82, 2.24) is 5.32 Å². The summed E-state index contributed by atoms with van der Waals surface area (Å²) in [7, 11) is 0. The van der Waals surface area contributed by atoms with E-state index in [1.54, 1.807) is 6.08 Å². The van der Waals surface area contributed by atoms with Crippen LogP contribution in [0.2, 0.25) is 0 Å². The first-order valence-corrected chi connectivity index (χ1v) is 11.0. The van der Waals surface area contributed by atoms with Gasteiger partial charge in [0.15, 0.2) is 11.8 Å². The smallest absolute Gasteiger partial charge is 0.341 e. The number of nitrogens with one attached hydrogen (secondary N) is 1. The van der Waals surface area contributed by atoms with E-state index in [0.29, 0.717) is 15.8 Å². The van der Waals surface area contributed by atoms with Crippen LogP contribution in [0.15, 0.2) is 46.3 Å². The minimum absolute atomic E-state index is 0.200. The third kappa shape index (κ3) is 5.26. The fraction of sp³-hybridized carbons (Fsp3) is 0.105. The van der Waals surface area contributed by atoms with Crippen molar-refractivity contribution < 1.29 is 19.4 Å². The van der Waals surface area contributed by atoms with Gasteiger partial charge < -0.3 is 15.2 Å².